The van der Waals surface area contributed by atoms with Crippen molar-refractivity contribution in [3.63, 3.8) is 0 Å². The zero-order valence-corrected chi connectivity index (χ0v) is 10.1. The van der Waals surface area contributed by atoms with Crippen LogP contribution in [-0.4, -0.2) is 44.2 Å². The van der Waals surface area contributed by atoms with Crippen LogP contribution in [0.5, 0.6) is 0 Å². The number of benzene rings is 1. The lowest BCUT2D eigenvalue weighted by Crippen LogP contribution is -2.64. The fourth-order valence-corrected chi connectivity index (χ4v) is 1.93. The number of carbonyl (C=O) groups is 1. The first kappa shape index (κ1) is 12.8. The molecule has 0 bridgehead atoms. The summed E-state index contributed by atoms with van der Waals surface area (Å²) in [6.45, 7) is 0.954. The van der Waals surface area contributed by atoms with Gasteiger partial charge in [0.15, 0.2) is 0 Å². The van der Waals surface area contributed by atoms with E-state index in [4.69, 9.17) is 14.6 Å². The van der Waals surface area contributed by atoms with Gasteiger partial charge in [-0.1, -0.05) is 0 Å². The monoisotopic (exact) mass is 255 g/mol. The van der Waals surface area contributed by atoms with Crippen LogP contribution in [0.15, 0.2) is 18.2 Å². The predicted octanol–water partition coefficient (Wildman–Crippen LogP) is 1.33. The van der Waals surface area contributed by atoms with Crippen LogP contribution in [0, 0.1) is 5.82 Å². The van der Waals surface area contributed by atoms with Crippen molar-refractivity contribution in [3.8, 4) is 0 Å². The van der Waals surface area contributed by atoms with E-state index >= 15 is 0 Å². The molecule has 1 aromatic carbocycles. The van der Waals surface area contributed by atoms with Crippen LogP contribution in [0.1, 0.15) is 10.4 Å². The maximum atomic E-state index is 13.2. The van der Waals surface area contributed by atoms with Gasteiger partial charge in [0.1, 0.15) is 5.82 Å². The van der Waals surface area contributed by atoms with Crippen LogP contribution in [0.3, 0.4) is 0 Å². The fourth-order valence-electron chi connectivity index (χ4n) is 1.93. The third-order valence-electron chi connectivity index (χ3n) is 3.15. The molecule has 98 valence electrons. The number of ether oxygens (including phenoxy) is 2. The number of carboxylic acid groups (broad SMARTS) is 1. The molecule has 0 radical (unpaired) electrons. The Balaban J connectivity index is 2.17. The van der Waals surface area contributed by atoms with Crippen molar-refractivity contribution >= 4 is 11.7 Å². The third-order valence-corrected chi connectivity index (χ3v) is 3.15. The van der Waals surface area contributed by atoms with Crippen molar-refractivity contribution in [2.45, 2.75) is 5.79 Å². The van der Waals surface area contributed by atoms with Crippen LogP contribution >= 0.6 is 0 Å². The van der Waals surface area contributed by atoms with E-state index in [0.717, 1.165) is 6.07 Å². The van der Waals surface area contributed by atoms with Gasteiger partial charge in [-0.05, 0) is 18.2 Å². The van der Waals surface area contributed by atoms with Crippen molar-refractivity contribution in [1.82, 2.24) is 0 Å². The normalized spacial score (nSPS) is 17.4. The quantitative estimate of drug-likeness (QED) is 0.822. The second-order valence-electron chi connectivity index (χ2n) is 4.14. The van der Waals surface area contributed by atoms with E-state index in [1.165, 1.54) is 12.1 Å². The minimum atomic E-state index is -1.28. The number of aromatic carboxylic acids is 1. The number of halogens is 1. The number of nitrogens with zero attached hydrogens (tertiary/aromatic N) is 1. The zero-order chi connectivity index (χ0) is 13.3. The third kappa shape index (κ3) is 2.04. The van der Waals surface area contributed by atoms with Gasteiger partial charge < -0.3 is 19.5 Å². The molecule has 6 heteroatoms. The van der Waals surface area contributed by atoms with Gasteiger partial charge >= 0.3 is 5.97 Å². The summed E-state index contributed by atoms with van der Waals surface area (Å²) in [5.41, 5.74) is 0.304. The highest BCUT2D eigenvalue weighted by Gasteiger charge is 2.44. The van der Waals surface area contributed by atoms with Gasteiger partial charge in [-0.15, -0.1) is 0 Å². The lowest BCUT2D eigenvalue weighted by Gasteiger charge is -2.48. The summed E-state index contributed by atoms with van der Waals surface area (Å²) < 4.78 is 23.7. The summed E-state index contributed by atoms with van der Waals surface area (Å²) in [5, 5.41) is 8.85. The van der Waals surface area contributed by atoms with Crippen LogP contribution < -0.4 is 4.90 Å². The summed E-state index contributed by atoms with van der Waals surface area (Å²) >= 11 is 0. The van der Waals surface area contributed by atoms with Gasteiger partial charge in [-0.25, -0.2) is 9.18 Å². The van der Waals surface area contributed by atoms with Crippen LogP contribution in [0.4, 0.5) is 10.1 Å². The highest BCUT2D eigenvalue weighted by Crippen LogP contribution is 2.31. The number of carboxylic acids is 1. The Morgan fingerprint density at radius 3 is 2.50 bits per heavy atom. The molecule has 0 aliphatic carbocycles. The number of anilines is 1. The molecule has 2 rings (SSSR count). The van der Waals surface area contributed by atoms with Gasteiger partial charge in [0, 0.05) is 19.9 Å². The van der Waals surface area contributed by atoms with E-state index in [-0.39, 0.29) is 5.56 Å². The predicted molar refractivity (Wildman–Crippen MR) is 62.3 cm³/mol. The molecule has 1 aliphatic rings. The van der Waals surface area contributed by atoms with Crippen molar-refractivity contribution in [2.75, 3.05) is 32.2 Å². The van der Waals surface area contributed by atoms with Gasteiger partial charge in [0.25, 0.3) is 0 Å². The van der Waals surface area contributed by atoms with Crippen molar-refractivity contribution in [3.05, 3.63) is 29.6 Å². The molecule has 0 unspecified atom stereocenters. The molecule has 1 aliphatic heterocycles. The van der Waals surface area contributed by atoms with Gasteiger partial charge in [-0.2, -0.15) is 0 Å². The second-order valence-corrected chi connectivity index (χ2v) is 4.14. The molecule has 0 saturated carbocycles. The maximum absolute atomic E-state index is 13.2. The average molecular weight is 255 g/mol. The molecule has 1 N–H and O–H groups in total. The van der Waals surface area contributed by atoms with Crippen molar-refractivity contribution in [1.29, 1.82) is 0 Å². The molecule has 5 nitrogen and oxygen atoms in total. The second kappa shape index (κ2) is 4.55. The first-order valence-corrected chi connectivity index (χ1v) is 5.39. The van der Waals surface area contributed by atoms with E-state index in [1.54, 1.807) is 14.2 Å². The number of rotatable bonds is 4. The Morgan fingerprint density at radius 1 is 1.39 bits per heavy atom. The van der Waals surface area contributed by atoms with E-state index in [1.807, 2.05) is 4.90 Å². The number of hydrogen-bond acceptors (Lipinski definition) is 4. The molecular weight excluding hydrogens is 241 g/mol. The molecule has 1 fully saturated rings. The van der Waals surface area contributed by atoms with Gasteiger partial charge in [-0.3, -0.25) is 0 Å². The van der Waals surface area contributed by atoms with E-state index < -0.39 is 17.6 Å². The average Bonchev–Trinajstić information content (AvgIpc) is 2.30. The Labute approximate surface area is 104 Å². The molecule has 0 atom stereocenters. The fraction of sp³-hybridized carbons (Fsp3) is 0.417. The lowest BCUT2D eigenvalue weighted by atomic mass is 10.0. The SMILES string of the molecule is COC1(OC)CN(c2ccc(F)c(C(=O)O)c2)C1. The molecule has 1 heterocycles. The summed E-state index contributed by atoms with van der Waals surface area (Å²) in [5.74, 6) is -2.67. The van der Waals surface area contributed by atoms with Gasteiger partial charge in [0.05, 0.1) is 18.7 Å². The Bertz CT molecular complexity index is 465. The molecule has 1 aromatic rings. The minimum absolute atomic E-state index is 0.333. The minimum Gasteiger partial charge on any atom is -0.478 e. The first-order chi connectivity index (χ1) is 8.51. The van der Waals surface area contributed by atoms with E-state index in [0.29, 0.717) is 18.8 Å². The smallest absolute Gasteiger partial charge is 0.338 e. The van der Waals surface area contributed by atoms with Crippen molar-refractivity contribution in [2.24, 2.45) is 0 Å². The molecule has 0 spiro atoms. The van der Waals surface area contributed by atoms with E-state index in [9.17, 15) is 9.18 Å². The van der Waals surface area contributed by atoms with E-state index in [2.05, 4.69) is 0 Å². The standard InChI is InChI=1S/C12H14FNO4/c1-17-12(18-2)6-14(7-12)8-3-4-10(13)9(5-8)11(15)16/h3-5H,6-7H2,1-2H3,(H,15,16). The summed E-state index contributed by atoms with van der Waals surface area (Å²) in [6, 6.07) is 4.00. The highest BCUT2D eigenvalue weighted by molar-refractivity contribution is 5.89. The first-order valence-electron chi connectivity index (χ1n) is 5.39. The number of hydrogen-bond donors (Lipinski definition) is 1. The highest BCUT2D eigenvalue weighted by atomic mass is 19.1. The largest absolute Gasteiger partial charge is 0.478 e. The molecular formula is C12H14FNO4. The zero-order valence-electron chi connectivity index (χ0n) is 10.1. The summed E-state index contributed by atoms with van der Waals surface area (Å²) in [4.78, 5) is 12.7. The maximum Gasteiger partial charge on any atom is 0.338 e. The molecule has 0 amide bonds. The van der Waals surface area contributed by atoms with Gasteiger partial charge in [0.2, 0.25) is 5.79 Å². The van der Waals surface area contributed by atoms with Crippen LogP contribution in [0.2, 0.25) is 0 Å². The summed E-state index contributed by atoms with van der Waals surface area (Å²) in [7, 11) is 3.10. The Kier molecular flexibility index (Phi) is 3.23. The van der Waals surface area contributed by atoms with Crippen LogP contribution in [-0.2, 0) is 9.47 Å². The lowest BCUT2D eigenvalue weighted by molar-refractivity contribution is -0.219. The Hall–Kier alpha value is -1.66. The molecule has 0 aromatic heterocycles. The van der Waals surface area contributed by atoms with Crippen LogP contribution in [0.25, 0.3) is 0 Å². The molecule has 18 heavy (non-hydrogen) atoms. The molecule has 1 saturated heterocycles. The number of methoxy groups -OCH3 is 2. The Morgan fingerprint density at radius 2 is 2.00 bits per heavy atom. The summed E-state index contributed by atoms with van der Waals surface area (Å²) in [6.07, 6.45) is 0. The van der Waals surface area contributed by atoms with Crippen molar-refractivity contribution < 1.29 is 23.8 Å². The topological polar surface area (TPSA) is 59.0 Å².